The van der Waals surface area contributed by atoms with Crippen molar-refractivity contribution in [2.75, 3.05) is 0 Å². The SMILES string of the molecule is Cc1cccc(CNC(C)c2c(C)noc2C)c1. The van der Waals surface area contributed by atoms with Gasteiger partial charge in [-0.3, -0.25) is 0 Å². The average Bonchev–Trinajstić information content (AvgIpc) is 2.66. The predicted octanol–water partition coefficient (Wildman–Crippen LogP) is 3.45. The highest BCUT2D eigenvalue weighted by atomic mass is 16.5. The van der Waals surface area contributed by atoms with Crippen molar-refractivity contribution in [2.24, 2.45) is 0 Å². The molecular formula is C15H20N2O. The second kappa shape index (κ2) is 5.36. The molecule has 0 saturated carbocycles. The van der Waals surface area contributed by atoms with E-state index < -0.39 is 0 Å². The fourth-order valence-electron chi connectivity index (χ4n) is 2.30. The lowest BCUT2D eigenvalue weighted by Crippen LogP contribution is -2.19. The molecule has 1 aromatic heterocycles. The number of benzene rings is 1. The topological polar surface area (TPSA) is 38.1 Å². The predicted molar refractivity (Wildman–Crippen MR) is 72.4 cm³/mol. The molecule has 0 aliphatic heterocycles. The molecule has 96 valence electrons. The van der Waals surface area contributed by atoms with E-state index in [0.717, 1.165) is 18.0 Å². The molecule has 0 fully saturated rings. The Morgan fingerprint density at radius 2 is 2.06 bits per heavy atom. The van der Waals surface area contributed by atoms with Crippen LogP contribution in [0.5, 0.6) is 0 Å². The molecule has 3 heteroatoms. The van der Waals surface area contributed by atoms with Gasteiger partial charge >= 0.3 is 0 Å². The summed E-state index contributed by atoms with van der Waals surface area (Å²) in [4.78, 5) is 0. The molecule has 3 nitrogen and oxygen atoms in total. The maximum Gasteiger partial charge on any atom is 0.138 e. The van der Waals surface area contributed by atoms with Gasteiger partial charge < -0.3 is 9.84 Å². The number of nitrogens with one attached hydrogen (secondary N) is 1. The van der Waals surface area contributed by atoms with E-state index in [1.54, 1.807) is 0 Å². The molecule has 0 spiro atoms. The highest BCUT2D eigenvalue weighted by molar-refractivity contribution is 5.25. The maximum absolute atomic E-state index is 5.20. The van der Waals surface area contributed by atoms with Gasteiger partial charge in [0.05, 0.1) is 5.69 Å². The minimum Gasteiger partial charge on any atom is -0.361 e. The number of aryl methyl sites for hydroxylation is 3. The van der Waals surface area contributed by atoms with Crippen molar-refractivity contribution in [2.45, 2.75) is 40.3 Å². The fourth-order valence-corrected chi connectivity index (χ4v) is 2.30. The van der Waals surface area contributed by atoms with Gasteiger partial charge in [-0.1, -0.05) is 35.0 Å². The average molecular weight is 244 g/mol. The summed E-state index contributed by atoms with van der Waals surface area (Å²) in [7, 11) is 0. The Balaban J connectivity index is 2.03. The Morgan fingerprint density at radius 1 is 1.28 bits per heavy atom. The molecule has 1 N–H and O–H groups in total. The Kier molecular flexibility index (Phi) is 3.82. The van der Waals surface area contributed by atoms with Crippen molar-refractivity contribution in [1.82, 2.24) is 10.5 Å². The van der Waals surface area contributed by atoms with Gasteiger partial charge in [0.1, 0.15) is 5.76 Å². The van der Waals surface area contributed by atoms with Crippen LogP contribution in [-0.2, 0) is 6.54 Å². The minimum atomic E-state index is 0.247. The molecule has 0 radical (unpaired) electrons. The van der Waals surface area contributed by atoms with Crippen LogP contribution in [0.1, 0.15) is 41.1 Å². The highest BCUT2D eigenvalue weighted by Crippen LogP contribution is 2.21. The molecule has 1 heterocycles. The van der Waals surface area contributed by atoms with Gasteiger partial charge in [-0.2, -0.15) is 0 Å². The Morgan fingerprint density at radius 3 is 2.67 bits per heavy atom. The van der Waals surface area contributed by atoms with Crippen LogP contribution in [0, 0.1) is 20.8 Å². The first-order valence-corrected chi connectivity index (χ1v) is 6.29. The third kappa shape index (κ3) is 2.79. The molecule has 18 heavy (non-hydrogen) atoms. The van der Waals surface area contributed by atoms with Gasteiger partial charge in [-0.05, 0) is 33.3 Å². The molecule has 1 unspecified atom stereocenters. The van der Waals surface area contributed by atoms with Gasteiger partial charge in [0.15, 0.2) is 0 Å². The Labute approximate surface area is 108 Å². The first-order chi connectivity index (χ1) is 8.58. The number of hydrogen-bond acceptors (Lipinski definition) is 3. The number of rotatable bonds is 4. The van der Waals surface area contributed by atoms with Crippen molar-refractivity contribution in [3.63, 3.8) is 0 Å². The highest BCUT2D eigenvalue weighted by Gasteiger charge is 2.15. The monoisotopic (exact) mass is 244 g/mol. The first-order valence-electron chi connectivity index (χ1n) is 6.29. The number of aromatic nitrogens is 1. The first kappa shape index (κ1) is 12.8. The molecule has 0 aliphatic rings. The summed E-state index contributed by atoms with van der Waals surface area (Å²) in [5.74, 6) is 0.900. The summed E-state index contributed by atoms with van der Waals surface area (Å²) >= 11 is 0. The van der Waals surface area contributed by atoms with Crippen LogP contribution >= 0.6 is 0 Å². The van der Waals surface area contributed by atoms with Crippen molar-refractivity contribution >= 4 is 0 Å². The van der Waals surface area contributed by atoms with E-state index in [1.165, 1.54) is 16.7 Å². The van der Waals surface area contributed by atoms with E-state index >= 15 is 0 Å². The lowest BCUT2D eigenvalue weighted by atomic mass is 10.1. The Bertz CT molecular complexity index is 512. The van der Waals surface area contributed by atoms with Crippen molar-refractivity contribution in [1.29, 1.82) is 0 Å². The van der Waals surface area contributed by atoms with Crippen LogP contribution < -0.4 is 5.32 Å². The van der Waals surface area contributed by atoms with E-state index in [9.17, 15) is 0 Å². The van der Waals surface area contributed by atoms with Crippen molar-refractivity contribution < 1.29 is 4.52 Å². The van der Waals surface area contributed by atoms with E-state index in [1.807, 2.05) is 13.8 Å². The van der Waals surface area contributed by atoms with E-state index in [-0.39, 0.29) is 6.04 Å². The Hall–Kier alpha value is -1.61. The van der Waals surface area contributed by atoms with Crippen molar-refractivity contribution in [3.8, 4) is 0 Å². The molecule has 1 atom stereocenters. The third-order valence-corrected chi connectivity index (χ3v) is 3.22. The third-order valence-electron chi connectivity index (χ3n) is 3.22. The van der Waals surface area contributed by atoms with Crippen LogP contribution in [0.15, 0.2) is 28.8 Å². The van der Waals surface area contributed by atoms with E-state index in [0.29, 0.717) is 0 Å². The molecule has 0 saturated heterocycles. The second-order valence-corrected chi connectivity index (χ2v) is 4.83. The van der Waals surface area contributed by atoms with Crippen molar-refractivity contribution in [3.05, 3.63) is 52.4 Å². The zero-order valence-corrected chi connectivity index (χ0v) is 11.4. The zero-order chi connectivity index (χ0) is 13.1. The molecule has 2 rings (SSSR count). The summed E-state index contributed by atoms with van der Waals surface area (Å²) < 4.78 is 5.20. The largest absolute Gasteiger partial charge is 0.361 e. The quantitative estimate of drug-likeness (QED) is 0.895. The standard InChI is InChI=1S/C15H20N2O/c1-10-6-5-7-14(8-10)9-16-11(2)15-12(3)17-18-13(15)4/h5-8,11,16H,9H2,1-4H3. The number of hydrogen-bond donors (Lipinski definition) is 1. The van der Waals surface area contributed by atoms with Crippen LogP contribution in [0.25, 0.3) is 0 Å². The lowest BCUT2D eigenvalue weighted by molar-refractivity contribution is 0.390. The van der Waals surface area contributed by atoms with Gasteiger partial charge in [0.25, 0.3) is 0 Å². The molecule has 0 bridgehead atoms. The van der Waals surface area contributed by atoms with Gasteiger partial charge in [0.2, 0.25) is 0 Å². The van der Waals surface area contributed by atoms with Crippen LogP contribution in [-0.4, -0.2) is 5.16 Å². The summed E-state index contributed by atoms with van der Waals surface area (Å²) in [5.41, 5.74) is 4.73. The summed E-state index contributed by atoms with van der Waals surface area (Å²) in [6.45, 7) is 9.05. The van der Waals surface area contributed by atoms with E-state index in [4.69, 9.17) is 4.52 Å². The van der Waals surface area contributed by atoms with Gasteiger partial charge in [-0.15, -0.1) is 0 Å². The number of nitrogens with zero attached hydrogens (tertiary/aromatic N) is 1. The normalized spacial score (nSPS) is 12.7. The van der Waals surface area contributed by atoms with Crippen LogP contribution in [0.3, 0.4) is 0 Å². The zero-order valence-electron chi connectivity index (χ0n) is 11.4. The van der Waals surface area contributed by atoms with Crippen LogP contribution in [0.2, 0.25) is 0 Å². The molecule has 0 amide bonds. The van der Waals surface area contributed by atoms with Crippen LogP contribution in [0.4, 0.5) is 0 Å². The minimum absolute atomic E-state index is 0.247. The molecule has 2 aromatic rings. The van der Waals surface area contributed by atoms with Gasteiger partial charge in [0, 0.05) is 18.2 Å². The molecular weight excluding hydrogens is 224 g/mol. The fraction of sp³-hybridized carbons (Fsp3) is 0.400. The van der Waals surface area contributed by atoms with E-state index in [2.05, 4.69) is 48.6 Å². The lowest BCUT2D eigenvalue weighted by Gasteiger charge is -2.14. The van der Waals surface area contributed by atoms with Gasteiger partial charge in [-0.25, -0.2) is 0 Å². The maximum atomic E-state index is 5.20. The summed E-state index contributed by atoms with van der Waals surface area (Å²) in [6, 6.07) is 8.79. The molecule has 1 aromatic carbocycles. The summed E-state index contributed by atoms with van der Waals surface area (Å²) in [5, 5.41) is 7.50. The second-order valence-electron chi connectivity index (χ2n) is 4.83. The summed E-state index contributed by atoms with van der Waals surface area (Å²) in [6.07, 6.45) is 0. The molecule has 0 aliphatic carbocycles. The smallest absolute Gasteiger partial charge is 0.138 e.